The normalized spacial score (nSPS) is 12.7. The molecule has 0 radical (unpaired) electrons. The molecule has 0 aliphatic heterocycles. The van der Waals surface area contributed by atoms with Gasteiger partial charge in [-0.3, -0.25) is 9.59 Å². The Bertz CT molecular complexity index is 1420. The van der Waals surface area contributed by atoms with Crippen LogP contribution in [0.1, 0.15) is 348 Å². The largest absolute Gasteiger partial charge is 0.462 e. The molecule has 1 unspecified atom stereocenters. The van der Waals surface area contributed by atoms with E-state index in [-0.39, 0.29) is 25.2 Å². The highest BCUT2D eigenvalue weighted by molar-refractivity contribution is 5.70. The Morgan fingerprint density at radius 1 is 0.308 bits per heavy atom. The molecule has 1 atom stereocenters. The second-order valence-electron chi connectivity index (χ2n) is 22.9. The van der Waals surface area contributed by atoms with Crippen molar-refractivity contribution < 1.29 is 24.2 Å². The van der Waals surface area contributed by atoms with Crippen molar-refractivity contribution in [3.05, 3.63) is 85.1 Å². The summed E-state index contributed by atoms with van der Waals surface area (Å²) in [7, 11) is 0. The zero-order valence-corrected chi connectivity index (χ0v) is 51.9. The van der Waals surface area contributed by atoms with Crippen molar-refractivity contribution in [3.63, 3.8) is 0 Å². The van der Waals surface area contributed by atoms with Gasteiger partial charge in [0.1, 0.15) is 6.61 Å². The molecule has 0 saturated heterocycles. The summed E-state index contributed by atoms with van der Waals surface area (Å²) in [4.78, 5) is 24.6. The van der Waals surface area contributed by atoms with E-state index < -0.39 is 6.10 Å². The molecule has 5 nitrogen and oxygen atoms in total. The van der Waals surface area contributed by atoms with E-state index in [0.717, 1.165) is 77.0 Å². The third-order valence-electron chi connectivity index (χ3n) is 15.2. The quantitative estimate of drug-likeness (QED) is 0.0373. The Balaban J connectivity index is 3.42. The molecule has 0 fully saturated rings. The summed E-state index contributed by atoms with van der Waals surface area (Å²) in [5.41, 5.74) is 0. The van der Waals surface area contributed by atoms with Crippen LogP contribution in [-0.4, -0.2) is 36.4 Å². The average Bonchev–Trinajstić information content (AvgIpc) is 3.44. The van der Waals surface area contributed by atoms with Crippen molar-refractivity contribution in [1.29, 1.82) is 0 Å². The van der Waals surface area contributed by atoms with Gasteiger partial charge in [-0.05, 0) is 89.9 Å². The number of aliphatic hydroxyl groups is 1. The Kier molecular flexibility index (Phi) is 65.8. The van der Waals surface area contributed by atoms with Crippen molar-refractivity contribution in [2.75, 3.05) is 13.2 Å². The second-order valence-corrected chi connectivity index (χ2v) is 22.9. The van der Waals surface area contributed by atoms with Crippen LogP contribution in [0.4, 0.5) is 0 Å². The fraction of sp³-hybridized carbons (Fsp3) is 0.781. The van der Waals surface area contributed by atoms with Crippen LogP contribution < -0.4 is 0 Å². The predicted octanol–water partition coefficient (Wildman–Crippen LogP) is 23.7. The van der Waals surface area contributed by atoms with Gasteiger partial charge < -0.3 is 14.6 Å². The van der Waals surface area contributed by atoms with Crippen LogP contribution in [0.15, 0.2) is 85.1 Å². The van der Waals surface area contributed by atoms with E-state index >= 15 is 0 Å². The lowest BCUT2D eigenvalue weighted by Crippen LogP contribution is -2.28. The molecule has 78 heavy (non-hydrogen) atoms. The first-order chi connectivity index (χ1) is 38.6. The molecule has 0 saturated carbocycles. The van der Waals surface area contributed by atoms with Crippen LogP contribution >= 0.6 is 0 Å². The number of hydrogen-bond acceptors (Lipinski definition) is 5. The third-order valence-corrected chi connectivity index (χ3v) is 15.2. The number of carbonyl (C=O) groups excluding carboxylic acids is 2. The molecule has 5 heteroatoms. The fourth-order valence-electron chi connectivity index (χ4n) is 10.1. The van der Waals surface area contributed by atoms with Crippen molar-refractivity contribution in [1.82, 2.24) is 0 Å². The summed E-state index contributed by atoms with van der Waals surface area (Å²) in [5.74, 6) is -0.575. The van der Waals surface area contributed by atoms with Gasteiger partial charge in [-0.25, -0.2) is 0 Å². The number of aliphatic hydroxyl groups excluding tert-OH is 1. The lowest BCUT2D eigenvalue weighted by atomic mass is 10.0. The summed E-state index contributed by atoms with van der Waals surface area (Å²) in [5, 5.41) is 9.69. The number of unbranched alkanes of at least 4 members (excludes halogenated alkanes) is 41. The molecule has 0 aromatic rings. The summed E-state index contributed by atoms with van der Waals surface area (Å²) in [6, 6.07) is 0. The molecule has 0 heterocycles. The van der Waals surface area contributed by atoms with Gasteiger partial charge in [-0.2, -0.15) is 0 Å². The maximum absolute atomic E-state index is 12.4. The van der Waals surface area contributed by atoms with E-state index in [0.29, 0.717) is 12.8 Å². The van der Waals surface area contributed by atoms with Gasteiger partial charge in [0.05, 0.1) is 6.61 Å². The minimum Gasteiger partial charge on any atom is -0.462 e. The zero-order valence-electron chi connectivity index (χ0n) is 51.9. The van der Waals surface area contributed by atoms with E-state index in [1.165, 1.54) is 244 Å². The van der Waals surface area contributed by atoms with Crippen LogP contribution in [0, 0.1) is 0 Å². The van der Waals surface area contributed by atoms with E-state index in [9.17, 15) is 14.7 Å². The van der Waals surface area contributed by atoms with E-state index in [1.54, 1.807) is 0 Å². The highest BCUT2D eigenvalue weighted by atomic mass is 16.6. The van der Waals surface area contributed by atoms with Crippen LogP contribution in [0.25, 0.3) is 0 Å². The van der Waals surface area contributed by atoms with Crippen LogP contribution in [0.2, 0.25) is 0 Å². The maximum Gasteiger partial charge on any atom is 0.306 e. The Labute approximate surface area is 486 Å². The number of hydrogen-bond donors (Lipinski definition) is 1. The highest BCUT2D eigenvalue weighted by Gasteiger charge is 2.16. The number of rotatable bonds is 63. The van der Waals surface area contributed by atoms with Crippen molar-refractivity contribution in [2.45, 2.75) is 354 Å². The van der Waals surface area contributed by atoms with Gasteiger partial charge in [0.2, 0.25) is 0 Å². The Hall–Kier alpha value is -2.92. The van der Waals surface area contributed by atoms with Gasteiger partial charge in [0.15, 0.2) is 6.10 Å². The molecular weight excluding hydrogens is 957 g/mol. The van der Waals surface area contributed by atoms with Gasteiger partial charge in [0, 0.05) is 12.8 Å². The molecule has 0 aliphatic rings. The van der Waals surface area contributed by atoms with Crippen LogP contribution in [0.3, 0.4) is 0 Å². The lowest BCUT2D eigenvalue weighted by Gasteiger charge is -2.15. The van der Waals surface area contributed by atoms with E-state index in [4.69, 9.17) is 9.47 Å². The van der Waals surface area contributed by atoms with Gasteiger partial charge in [-0.15, -0.1) is 0 Å². The fourth-order valence-corrected chi connectivity index (χ4v) is 10.1. The topological polar surface area (TPSA) is 72.8 Å². The molecule has 452 valence electrons. The monoisotopic (exact) mass is 1090 g/mol. The molecule has 0 spiro atoms. The van der Waals surface area contributed by atoms with Gasteiger partial charge in [-0.1, -0.05) is 330 Å². The summed E-state index contributed by atoms with van der Waals surface area (Å²) >= 11 is 0. The maximum atomic E-state index is 12.4. The molecule has 0 aromatic carbocycles. The molecule has 0 amide bonds. The van der Waals surface area contributed by atoms with Crippen LogP contribution in [-0.2, 0) is 19.1 Å². The minimum atomic E-state index is -0.774. The Morgan fingerprint density at radius 2 is 0.551 bits per heavy atom. The van der Waals surface area contributed by atoms with Crippen molar-refractivity contribution in [2.24, 2.45) is 0 Å². The number of esters is 2. The first-order valence-corrected chi connectivity index (χ1v) is 34.1. The first-order valence-electron chi connectivity index (χ1n) is 34.1. The van der Waals surface area contributed by atoms with Gasteiger partial charge >= 0.3 is 11.9 Å². The molecule has 0 bridgehead atoms. The highest BCUT2D eigenvalue weighted by Crippen LogP contribution is 2.18. The lowest BCUT2D eigenvalue weighted by molar-refractivity contribution is -0.161. The third kappa shape index (κ3) is 65.6. The summed E-state index contributed by atoms with van der Waals surface area (Å²) in [6.45, 7) is 4.06. The molecule has 0 aliphatic carbocycles. The standard InChI is InChI=1S/C73H130O5/c1-3-5-7-9-11-13-15-17-19-21-23-25-27-29-30-31-32-33-34-35-36-37-38-39-40-41-42-44-46-48-50-52-54-56-58-60-62-64-66-68-73(76)78-71(69-74)70-77-72(75)67-65-63-61-59-57-55-53-51-49-47-45-43-28-26-24-22-20-18-16-14-12-10-8-6-4-2/h5,7,11,13,16-19,22-25,29-30,71,74H,3-4,6,8-10,12,14-15,20-21,26-28,31-70H2,1-2H3/b7-5-,13-11-,18-16-,19-17-,24-22-,25-23-,30-29-. The van der Waals surface area contributed by atoms with Crippen molar-refractivity contribution >= 4 is 11.9 Å². The first kappa shape index (κ1) is 75.1. The molecular formula is C73H130O5. The van der Waals surface area contributed by atoms with Gasteiger partial charge in [0.25, 0.3) is 0 Å². The summed E-state index contributed by atoms with van der Waals surface area (Å²) in [6.07, 6.45) is 96.1. The van der Waals surface area contributed by atoms with Crippen molar-refractivity contribution in [3.8, 4) is 0 Å². The van der Waals surface area contributed by atoms with E-state index in [1.807, 2.05) is 0 Å². The van der Waals surface area contributed by atoms with E-state index in [2.05, 4.69) is 98.9 Å². The molecule has 0 aromatic heterocycles. The SMILES string of the molecule is CC/C=C\C/C=C\C/C=C\C/C=C\C/C=C\CCCCCCCCCCCCCCCCCCCCCCCCCC(=O)OC(CO)COC(=O)CCCCCCCCCCCCCCC/C=C\C/C=C\CCCCCCC. The predicted molar refractivity (Wildman–Crippen MR) is 343 cm³/mol. The number of ether oxygens (including phenoxy) is 2. The zero-order chi connectivity index (χ0) is 56.2. The Morgan fingerprint density at radius 3 is 0.833 bits per heavy atom. The van der Waals surface area contributed by atoms with Crippen LogP contribution in [0.5, 0.6) is 0 Å². The number of allylic oxidation sites excluding steroid dienone is 14. The molecule has 1 N–H and O–H groups in total. The summed E-state index contributed by atoms with van der Waals surface area (Å²) < 4.78 is 10.8. The molecule has 0 rings (SSSR count). The average molecular weight is 1090 g/mol. The second kappa shape index (κ2) is 68.4. The minimum absolute atomic E-state index is 0.0638. The number of carbonyl (C=O) groups is 2. The smallest absolute Gasteiger partial charge is 0.306 e.